The summed E-state index contributed by atoms with van der Waals surface area (Å²) < 4.78 is 5.62. The van der Waals surface area contributed by atoms with Crippen LogP contribution in [0.25, 0.3) is 0 Å². The van der Waals surface area contributed by atoms with Crippen molar-refractivity contribution in [3.05, 3.63) is 83.9 Å². The highest BCUT2D eigenvalue weighted by Gasteiger charge is 2.49. The second-order valence-electron chi connectivity index (χ2n) is 7.30. The van der Waals surface area contributed by atoms with E-state index >= 15 is 0 Å². The van der Waals surface area contributed by atoms with Crippen molar-refractivity contribution in [2.75, 3.05) is 20.3 Å². The van der Waals surface area contributed by atoms with E-state index in [1.807, 2.05) is 7.11 Å². The zero-order chi connectivity index (χ0) is 17.1. The Balaban J connectivity index is 1.71. The van der Waals surface area contributed by atoms with Crippen LogP contribution in [0.4, 0.5) is 0 Å². The molecule has 1 aliphatic heterocycles. The van der Waals surface area contributed by atoms with E-state index in [1.54, 1.807) is 0 Å². The van der Waals surface area contributed by atoms with Gasteiger partial charge in [-0.05, 0) is 30.4 Å². The first kappa shape index (κ1) is 16.6. The lowest BCUT2D eigenvalue weighted by atomic mass is 9.68. The number of hydrogen-bond donors (Lipinski definition) is 0. The Bertz CT molecular complexity index is 711. The van der Waals surface area contributed by atoms with E-state index in [2.05, 4.69) is 77.7 Å². The molecule has 25 heavy (non-hydrogen) atoms. The predicted octanol–water partition coefficient (Wildman–Crippen LogP) is 4.74. The fraction of sp³-hybridized carbons (Fsp3) is 0.391. The van der Waals surface area contributed by atoms with Gasteiger partial charge in [0.2, 0.25) is 0 Å². The minimum Gasteiger partial charge on any atom is -0.383 e. The van der Waals surface area contributed by atoms with Crippen LogP contribution in [0.2, 0.25) is 0 Å². The molecule has 1 fully saturated rings. The van der Waals surface area contributed by atoms with Crippen LogP contribution in [0.15, 0.2) is 72.8 Å². The summed E-state index contributed by atoms with van der Waals surface area (Å²) in [7, 11) is 1.81. The van der Waals surface area contributed by atoms with Gasteiger partial charge in [-0.15, -0.1) is 0 Å². The van der Waals surface area contributed by atoms with Crippen molar-refractivity contribution in [3.8, 4) is 0 Å². The second-order valence-corrected chi connectivity index (χ2v) is 7.30. The van der Waals surface area contributed by atoms with Crippen molar-refractivity contribution in [2.45, 2.75) is 36.8 Å². The van der Waals surface area contributed by atoms with Crippen molar-refractivity contribution in [2.24, 2.45) is 0 Å². The topological polar surface area (TPSA) is 12.5 Å². The Morgan fingerprint density at radius 1 is 1.04 bits per heavy atom. The zero-order valence-corrected chi connectivity index (χ0v) is 15.0. The molecule has 3 atom stereocenters. The van der Waals surface area contributed by atoms with Gasteiger partial charge < -0.3 is 4.74 Å². The fourth-order valence-corrected chi connectivity index (χ4v) is 4.86. The summed E-state index contributed by atoms with van der Waals surface area (Å²) in [5, 5.41) is 0. The van der Waals surface area contributed by atoms with Crippen LogP contribution in [0.3, 0.4) is 0 Å². The maximum Gasteiger partial charge on any atom is 0.0660 e. The molecule has 0 N–H and O–H groups in total. The van der Waals surface area contributed by atoms with Crippen LogP contribution in [-0.4, -0.2) is 31.2 Å². The van der Waals surface area contributed by atoms with Gasteiger partial charge >= 0.3 is 0 Å². The normalized spacial score (nSPS) is 27.2. The minimum absolute atomic E-state index is 0.247. The van der Waals surface area contributed by atoms with Gasteiger partial charge in [-0.2, -0.15) is 0 Å². The summed E-state index contributed by atoms with van der Waals surface area (Å²) in [6.07, 6.45) is 8.47. The van der Waals surface area contributed by atoms with E-state index in [0.717, 1.165) is 13.2 Å². The van der Waals surface area contributed by atoms with Gasteiger partial charge in [0.25, 0.3) is 0 Å². The molecule has 0 spiro atoms. The maximum absolute atomic E-state index is 5.62. The maximum atomic E-state index is 5.62. The molecule has 2 aromatic carbocycles. The predicted molar refractivity (Wildman–Crippen MR) is 103 cm³/mol. The molecule has 4 rings (SSSR count). The number of nitrogens with zero attached hydrogens (tertiary/aromatic N) is 1. The number of ether oxygens (including phenoxy) is 1. The van der Waals surface area contributed by atoms with Crippen LogP contribution >= 0.6 is 0 Å². The molecule has 2 nitrogen and oxygen atoms in total. The Hall–Kier alpha value is -1.90. The largest absolute Gasteiger partial charge is 0.383 e. The van der Waals surface area contributed by atoms with Crippen LogP contribution in [0.1, 0.15) is 36.4 Å². The van der Waals surface area contributed by atoms with Crippen LogP contribution in [0.5, 0.6) is 0 Å². The molecule has 0 radical (unpaired) electrons. The van der Waals surface area contributed by atoms with Gasteiger partial charge in [0.1, 0.15) is 0 Å². The molecule has 1 heterocycles. The third-order valence-electron chi connectivity index (χ3n) is 6.07. The van der Waals surface area contributed by atoms with Crippen molar-refractivity contribution < 1.29 is 4.74 Å². The van der Waals surface area contributed by atoms with E-state index in [0.29, 0.717) is 12.1 Å². The Kier molecular flexibility index (Phi) is 4.74. The number of hydrogen-bond acceptors (Lipinski definition) is 2. The summed E-state index contributed by atoms with van der Waals surface area (Å²) in [5.74, 6) is 0. The summed E-state index contributed by atoms with van der Waals surface area (Å²) in [4.78, 5) is 2.67. The molecule has 0 bridgehead atoms. The monoisotopic (exact) mass is 333 g/mol. The molecule has 0 aromatic heterocycles. The number of rotatable bonds is 5. The van der Waals surface area contributed by atoms with Crippen LogP contribution < -0.4 is 0 Å². The first-order valence-corrected chi connectivity index (χ1v) is 9.37. The lowest BCUT2D eigenvalue weighted by Crippen LogP contribution is -2.45. The summed E-state index contributed by atoms with van der Waals surface area (Å²) in [5.41, 5.74) is 3.10. The van der Waals surface area contributed by atoms with Crippen molar-refractivity contribution in [1.29, 1.82) is 0 Å². The first-order valence-electron chi connectivity index (χ1n) is 9.37. The molecule has 0 saturated carbocycles. The lowest BCUT2D eigenvalue weighted by molar-refractivity contribution is 0.0814. The Morgan fingerprint density at radius 3 is 2.48 bits per heavy atom. The first-order chi connectivity index (χ1) is 12.3. The van der Waals surface area contributed by atoms with E-state index in [1.165, 1.54) is 30.4 Å². The van der Waals surface area contributed by atoms with Gasteiger partial charge in [-0.3, -0.25) is 4.90 Å². The number of benzene rings is 2. The van der Waals surface area contributed by atoms with Crippen molar-refractivity contribution in [3.63, 3.8) is 0 Å². The average molecular weight is 333 g/mol. The summed E-state index contributed by atoms with van der Waals surface area (Å²) >= 11 is 0. The number of methoxy groups -OCH3 is 1. The zero-order valence-electron chi connectivity index (χ0n) is 15.0. The smallest absolute Gasteiger partial charge is 0.0660 e. The Morgan fingerprint density at radius 2 is 1.76 bits per heavy atom. The van der Waals surface area contributed by atoms with Crippen molar-refractivity contribution >= 4 is 0 Å². The second kappa shape index (κ2) is 7.15. The summed E-state index contributed by atoms with van der Waals surface area (Å²) in [6.45, 7) is 1.85. The molecule has 1 saturated heterocycles. The molecule has 2 aromatic rings. The summed E-state index contributed by atoms with van der Waals surface area (Å²) in [6, 6.07) is 22.7. The van der Waals surface area contributed by atoms with E-state index in [4.69, 9.17) is 4.74 Å². The third-order valence-corrected chi connectivity index (χ3v) is 6.07. The van der Waals surface area contributed by atoms with E-state index < -0.39 is 0 Å². The number of likely N-dealkylation sites (tertiary alicyclic amines) is 1. The van der Waals surface area contributed by atoms with Gasteiger partial charge in [0, 0.05) is 25.1 Å². The molecular weight excluding hydrogens is 306 g/mol. The molecule has 2 aliphatic rings. The van der Waals surface area contributed by atoms with Crippen molar-refractivity contribution in [1.82, 2.24) is 4.90 Å². The highest BCUT2D eigenvalue weighted by atomic mass is 16.5. The van der Waals surface area contributed by atoms with Gasteiger partial charge in [-0.25, -0.2) is 0 Å². The molecule has 1 aliphatic carbocycles. The van der Waals surface area contributed by atoms with Gasteiger partial charge in [-0.1, -0.05) is 72.8 Å². The Labute approximate surface area is 151 Å². The molecular formula is C23H27NO. The molecule has 2 heteroatoms. The quantitative estimate of drug-likeness (QED) is 0.733. The van der Waals surface area contributed by atoms with Gasteiger partial charge in [0.05, 0.1) is 12.6 Å². The van der Waals surface area contributed by atoms with E-state index in [9.17, 15) is 0 Å². The molecule has 130 valence electrons. The number of allylic oxidation sites excluding steroid dienone is 1. The molecule has 0 unspecified atom stereocenters. The fourth-order valence-electron chi connectivity index (χ4n) is 4.86. The van der Waals surface area contributed by atoms with Crippen LogP contribution in [0, 0.1) is 0 Å². The number of fused-ring (bicyclic) bond motifs is 1. The average Bonchev–Trinajstić information content (AvgIpc) is 3.08. The third kappa shape index (κ3) is 2.94. The highest BCUT2D eigenvalue weighted by molar-refractivity contribution is 5.35. The SMILES string of the molecule is COC[C@H](c1ccccc1)N1CC[C@]2(c3ccccc3)CCC=C[C@H]12. The van der Waals surface area contributed by atoms with Crippen LogP contribution in [-0.2, 0) is 10.2 Å². The highest BCUT2D eigenvalue weighted by Crippen LogP contribution is 2.49. The lowest BCUT2D eigenvalue weighted by Gasteiger charge is -2.42. The standard InChI is InChI=1S/C23H27NO/c1-25-18-21(19-10-4-2-5-11-19)24-17-16-23(15-9-8-14-22(23)24)20-12-6-3-7-13-20/h2-8,10-14,21-22H,9,15-18H2,1H3/t21-,22+,23+/m1/s1. The molecule has 0 amide bonds. The van der Waals surface area contributed by atoms with E-state index in [-0.39, 0.29) is 5.41 Å². The van der Waals surface area contributed by atoms with Gasteiger partial charge in [0.15, 0.2) is 0 Å². The minimum atomic E-state index is 0.247.